The molecule has 0 aliphatic rings. The number of unbranched alkanes of at least 4 members (excludes halogenated alkanes) is 1. The van der Waals surface area contributed by atoms with Gasteiger partial charge in [-0.05, 0) is 37.4 Å². The highest BCUT2D eigenvalue weighted by atomic mass is 16.4. The minimum atomic E-state index is -1.50. The molecule has 12 N–H and O–H groups in total. The van der Waals surface area contributed by atoms with Crippen LogP contribution in [0.5, 0.6) is 0 Å². The minimum Gasteiger partial charge on any atom is -0.480 e. The summed E-state index contributed by atoms with van der Waals surface area (Å²) in [5.74, 6) is -4.64. The third-order valence-corrected chi connectivity index (χ3v) is 5.87. The van der Waals surface area contributed by atoms with Gasteiger partial charge in [-0.25, -0.2) is 4.79 Å². The molecule has 0 saturated heterocycles. The van der Waals surface area contributed by atoms with Gasteiger partial charge in [-0.15, -0.1) is 0 Å². The van der Waals surface area contributed by atoms with E-state index in [1.807, 2.05) is 18.2 Å². The Morgan fingerprint density at radius 3 is 2.18 bits per heavy atom. The van der Waals surface area contributed by atoms with Crippen molar-refractivity contribution in [2.75, 3.05) is 13.2 Å². The number of hydrogen-bond acceptors (Lipinski definition) is 8. The summed E-state index contributed by atoms with van der Waals surface area (Å²) in [6, 6.07) is 1.95. The monoisotopic (exact) mass is 533 g/mol. The van der Waals surface area contributed by atoms with Gasteiger partial charge in [0.15, 0.2) is 0 Å². The molecule has 0 aliphatic carbocycles. The van der Waals surface area contributed by atoms with E-state index in [9.17, 15) is 34.2 Å². The van der Waals surface area contributed by atoms with Crippen molar-refractivity contribution in [3.8, 4) is 0 Å². The van der Waals surface area contributed by atoms with E-state index >= 15 is 0 Å². The number of carboxylic acid groups (broad SMARTS) is 1. The lowest BCUT2D eigenvalue weighted by atomic mass is 10.0. The normalized spacial score (nSPS) is 14.2. The zero-order valence-corrected chi connectivity index (χ0v) is 20.8. The summed E-state index contributed by atoms with van der Waals surface area (Å²) in [5, 5.41) is 27.1. The van der Waals surface area contributed by atoms with E-state index in [0.29, 0.717) is 24.9 Å². The molecule has 14 heteroatoms. The minimum absolute atomic E-state index is 0.0263. The van der Waals surface area contributed by atoms with Crippen LogP contribution in [0.15, 0.2) is 30.5 Å². The largest absolute Gasteiger partial charge is 0.480 e. The van der Waals surface area contributed by atoms with E-state index in [4.69, 9.17) is 17.2 Å². The molecule has 2 rings (SSSR count). The second-order valence-electron chi connectivity index (χ2n) is 8.83. The Kier molecular flexibility index (Phi) is 11.7. The number of aliphatic hydroxyl groups is 1. The zero-order valence-electron chi connectivity index (χ0n) is 20.8. The fraction of sp³-hybridized carbons (Fsp3) is 0.458. The summed E-state index contributed by atoms with van der Waals surface area (Å²) in [7, 11) is 0. The SMILES string of the molecule is NCCCCC(NC(=O)C(CO)NC(=O)C(Cc1c[nH]c2ccccc12)NC(=O)C(N)CC(N)=O)C(=O)O. The summed E-state index contributed by atoms with van der Waals surface area (Å²) in [6.45, 7) is -0.468. The van der Waals surface area contributed by atoms with Gasteiger partial charge in [0, 0.05) is 23.5 Å². The van der Waals surface area contributed by atoms with E-state index in [-0.39, 0.29) is 12.8 Å². The number of para-hydroxylation sites is 1. The molecule has 14 nitrogen and oxygen atoms in total. The topological polar surface area (TPSA) is 256 Å². The van der Waals surface area contributed by atoms with E-state index in [1.165, 1.54) is 0 Å². The van der Waals surface area contributed by atoms with Crippen molar-refractivity contribution in [1.29, 1.82) is 0 Å². The number of aliphatic carboxylic acids is 1. The Morgan fingerprint density at radius 2 is 1.55 bits per heavy atom. The van der Waals surface area contributed by atoms with Crippen LogP contribution in [-0.4, -0.2) is 82.1 Å². The van der Waals surface area contributed by atoms with Crippen molar-refractivity contribution in [2.45, 2.75) is 56.3 Å². The van der Waals surface area contributed by atoms with E-state index in [0.717, 1.165) is 10.9 Å². The Hall–Kier alpha value is -4.01. The molecule has 208 valence electrons. The van der Waals surface area contributed by atoms with Crippen LogP contribution in [0.4, 0.5) is 0 Å². The molecule has 0 fully saturated rings. The van der Waals surface area contributed by atoms with E-state index in [2.05, 4.69) is 20.9 Å². The number of aromatic amines is 1. The number of nitrogens with two attached hydrogens (primary N) is 3. The van der Waals surface area contributed by atoms with Crippen molar-refractivity contribution >= 4 is 40.5 Å². The van der Waals surface area contributed by atoms with Gasteiger partial charge in [0.2, 0.25) is 23.6 Å². The molecule has 1 heterocycles. The van der Waals surface area contributed by atoms with Crippen molar-refractivity contribution in [3.63, 3.8) is 0 Å². The molecule has 2 aromatic rings. The first-order chi connectivity index (χ1) is 18.1. The standard InChI is InChI=1S/C24H35N7O7/c25-8-4-3-7-17(24(37)38)29-23(36)19(12-32)31-22(35)18(30-21(34)15(26)10-20(27)33)9-13-11-28-16-6-2-1-5-14(13)16/h1-2,5-6,11,15,17-19,28,32H,3-4,7-10,12,25-26H2,(H2,27,33)(H,29,36)(H,30,34)(H,31,35)(H,37,38). The maximum Gasteiger partial charge on any atom is 0.326 e. The van der Waals surface area contributed by atoms with Crippen LogP contribution in [0.1, 0.15) is 31.2 Å². The molecule has 4 unspecified atom stereocenters. The van der Waals surface area contributed by atoms with Gasteiger partial charge in [-0.3, -0.25) is 19.2 Å². The summed E-state index contributed by atoms with van der Waals surface area (Å²) < 4.78 is 0. The number of nitrogens with one attached hydrogen (secondary N) is 4. The van der Waals surface area contributed by atoms with Crippen LogP contribution in [0, 0.1) is 0 Å². The Morgan fingerprint density at radius 1 is 0.921 bits per heavy atom. The highest BCUT2D eigenvalue weighted by Gasteiger charge is 2.30. The molecule has 38 heavy (non-hydrogen) atoms. The molecular weight excluding hydrogens is 498 g/mol. The first kappa shape index (κ1) is 30.2. The second kappa shape index (κ2) is 14.7. The predicted molar refractivity (Wildman–Crippen MR) is 137 cm³/mol. The molecule has 4 atom stereocenters. The van der Waals surface area contributed by atoms with Gasteiger partial charge in [-0.1, -0.05) is 18.2 Å². The second-order valence-corrected chi connectivity index (χ2v) is 8.83. The molecule has 0 bridgehead atoms. The maximum atomic E-state index is 13.2. The highest BCUT2D eigenvalue weighted by molar-refractivity contribution is 5.95. The fourth-order valence-electron chi connectivity index (χ4n) is 3.81. The number of rotatable bonds is 16. The Balaban J connectivity index is 2.20. The van der Waals surface area contributed by atoms with Crippen LogP contribution >= 0.6 is 0 Å². The Labute approximate surface area is 218 Å². The average molecular weight is 534 g/mol. The van der Waals surface area contributed by atoms with Crippen molar-refractivity contribution in [1.82, 2.24) is 20.9 Å². The number of carbonyl (C=O) groups is 5. The van der Waals surface area contributed by atoms with E-state index in [1.54, 1.807) is 12.3 Å². The number of benzene rings is 1. The van der Waals surface area contributed by atoms with Gasteiger partial charge < -0.3 is 48.3 Å². The number of carboxylic acids is 1. The molecular formula is C24H35N7O7. The molecule has 1 aromatic heterocycles. The first-order valence-corrected chi connectivity index (χ1v) is 12.1. The fourth-order valence-corrected chi connectivity index (χ4v) is 3.81. The lowest BCUT2D eigenvalue weighted by Gasteiger charge is -2.24. The number of aromatic nitrogens is 1. The predicted octanol–water partition coefficient (Wildman–Crippen LogP) is -2.43. The highest BCUT2D eigenvalue weighted by Crippen LogP contribution is 2.19. The van der Waals surface area contributed by atoms with Crippen molar-refractivity contribution < 1.29 is 34.2 Å². The van der Waals surface area contributed by atoms with Gasteiger partial charge in [-0.2, -0.15) is 0 Å². The summed E-state index contributed by atoms with van der Waals surface area (Å²) in [6.07, 6.45) is 2.31. The van der Waals surface area contributed by atoms with Crippen LogP contribution in [0.25, 0.3) is 10.9 Å². The zero-order chi connectivity index (χ0) is 28.2. The smallest absolute Gasteiger partial charge is 0.326 e. The van der Waals surface area contributed by atoms with Gasteiger partial charge >= 0.3 is 5.97 Å². The lowest BCUT2D eigenvalue weighted by molar-refractivity contribution is -0.142. The first-order valence-electron chi connectivity index (χ1n) is 12.1. The summed E-state index contributed by atoms with van der Waals surface area (Å²) in [4.78, 5) is 64.2. The van der Waals surface area contributed by atoms with Crippen LogP contribution in [0.3, 0.4) is 0 Å². The van der Waals surface area contributed by atoms with Crippen LogP contribution in [0.2, 0.25) is 0 Å². The van der Waals surface area contributed by atoms with Crippen molar-refractivity contribution in [3.05, 3.63) is 36.0 Å². The Bertz CT molecular complexity index is 1140. The summed E-state index contributed by atoms with van der Waals surface area (Å²) >= 11 is 0. The molecule has 0 aliphatic heterocycles. The molecule has 4 amide bonds. The molecule has 1 aromatic carbocycles. The number of hydrogen-bond donors (Lipinski definition) is 9. The number of H-pyrrole nitrogens is 1. The van der Waals surface area contributed by atoms with E-state index < -0.39 is 66.8 Å². The van der Waals surface area contributed by atoms with Crippen LogP contribution < -0.4 is 33.2 Å². The molecule has 0 spiro atoms. The van der Waals surface area contributed by atoms with Gasteiger partial charge in [0.1, 0.15) is 18.1 Å². The third-order valence-electron chi connectivity index (χ3n) is 5.87. The quantitative estimate of drug-likeness (QED) is 0.104. The molecule has 0 radical (unpaired) electrons. The summed E-state index contributed by atoms with van der Waals surface area (Å²) in [5.41, 5.74) is 17.7. The number of carbonyl (C=O) groups excluding carboxylic acids is 4. The number of primary amides is 1. The van der Waals surface area contributed by atoms with Crippen LogP contribution in [-0.2, 0) is 30.4 Å². The number of fused-ring (bicyclic) bond motifs is 1. The number of aliphatic hydroxyl groups excluding tert-OH is 1. The maximum absolute atomic E-state index is 13.2. The lowest BCUT2D eigenvalue weighted by Crippen LogP contribution is -2.58. The van der Waals surface area contributed by atoms with Gasteiger partial charge in [0.25, 0.3) is 0 Å². The average Bonchev–Trinajstić information content (AvgIpc) is 3.28. The van der Waals surface area contributed by atoms with Crippen molar-refractivity contribution in [2.24, 2.45) is 17.2 Å². The molecule has 0 saturated carbocycles. The third kappa shape index (κ3) is 8.83. The van der Waals surface area contributed by atoms with Gasteiger partial charge in [0.05, 0.1) is 19.1 Å². The number of amides is 4.